The van der Waals surface area contributed by atoms with Gasteiger partial charge in [0.1, 0.15) is 11.6 Å². The van der Waals surface area contributed by atoms with E-state index in [-0.39, 0.29) is 36.6 Å². The third-order valence-corrected chi connectivity index (χ3v) is 4.81. The molecule has 1 aliphatic carbocycles. The van der Waals surface area contributed by atoms with Gasteiger partial charge >= 0.3 is 0 Å². The van der Waals surface area contributed by atoms with Crippen LogP contribution in [0.15, 0.2) is 0 Å². The summed E-state index contributed by atoms with van der Waals surface area (Å²) in [5.41, 5.74) is 0. The molecule has 1 saturated heterocycles. The smallest absolute Gasteiger partial charge is 0.223 e. The van der Waals surface area contributed by atoms with Crippen molar-refractivity contribution in [2.75, 3.05) is 19.7 Å². The lowest BCUT2D eigenvalue weighted by molar-refractivity contribution is -0.128. The van der Waals surface area contributed by atoms with E-state index < -0.39 is 0 Å². The molecule has 144 valence electrons. The van der Waals surface area contributed by atoms with Crippen LogP contribution in [-0.4, -0.2) is 52.5 Å². The van der Waals surface area contributed by atoms with Crippen molar-refractivity contribution in [1.82, 2.24) is 25.4 Å². The first-order valence-corrected chi connectivity index (χ1v) is 8.64. The van der Waals surface area contributed by atoms with Crippen molar-refractivity contribution in [3.8, 4) is 0 Å². The van der Waals surface area contributed by atoms with Gasteiger partial charge in [-0.15, -0.1) is 24.8 Å². The zero-order valence-corrected chi connectivity index (χ0v) is 16.5. The molecule has 3 atom stereocenters. The summed E-state index contributed by atoms with van der Waals surface area (Å²) >= 11 is 0. The number of ether oxygens (including phenoxy) is 1. The third-order valence-electron chi connectivity index (χ3n) is 4.81. The van der Waals surface area contributed by atoms with Gasteiger partial charge in [-0.3, -0.25) is 9.48 Å². The summed E-state index contributed by atoms with van der Waals surface area (Å²) in [6, 6.07) is 0.342. The van der Waals surface area contributed by atoms with Crippen LogP contribution in [0.25, 0.3) is 0 Å². The van der Waals surface area contributed by atoms with Gasteiger partial charge < -0.3 is 15.4 Å². The van der Waals surface area contributed by atoms with E-state index in [1.807, 2.05) is 18.5 Å². The molecule has 1 aliphatic heterocycles. The number of hydrogen-bond acceptors (Lipinski definition) is 5. The summed E-state index contributed by atoms with van der Waals surface area (Å²) in [6.07, 6.45) is 3.96. The molecule has 1 saturated carbocycles. The van der Waals surface area contributed by atoms with Gasteiger partial charge in [0, 0.05) is 31.6 Å². The highest BCUT2D eigenvalue weighted by molar-refractivity contribution is 5.85. The predicted molar refractivity (Wildman–Crippen MR) is 100 cm³/mol. The van der Waals surface area contributed by atoms with Crippen molar-refractivity contribution >= 4 is 30.7 Å². The van der Waals surface area contributed by atoms with Crippen LogP contribution >= 0.6 is 24.8 Å². The SMILES string of the molecule is Cc1nc(C)n(CCCNC(=O)[C@H]2CC[C@H]3OCCN[C@@H]3C2)n1.Cl.Cl. The Hall–Kier alpha value is -0.890. The van der Waals surface area contributed by atoms with Gasteiger partial charge in [-0.1, -0.05) is 0 Å². The van der Waals surface area contributed by atoms with E-state index in [0.717, 1.165) is 57.0 Å². The number of aromatic nitrogens is 3. The Labute approximate surface area is 161 Å². The number of morpholine rings is 1. The van der Waals surface area contributed by atoms with Gasteiger partial charge in [0.2, 0.25) is 5.91 Å². The number of halogens is 2. The van der Waals surface area contributed by atoms with Gasteiger partial charge in [-0.2, -0.15) is 5.10 Å². The summed E-state index contributed by atoms with van der Waals surface area (Å²) in [4.78, 5) is 16.6. The first kappa shape index (κ1) is 22.2. The maximum atomic E-state index is 12.3. The highest BCUT2D eigenvalue weighted by atomic mass is 35.5. The molecule has 0 bridgehead atoms. The van der Waals surface area contributed by atoms with Crippen molar-refractivity contribution in [2.45, 2.75) is 58.2 Å². The zero-order chi connectivity index (χ0) is 16.2. The van der Waals surface area contributed by atoms with Crippen LogP contribution in [0.3, 0.4) is 0 Å². The van der Waals surface area contributed by atoms with Crippen LogP contribution in [-0.2, 0) is 16.1 Å². The van der Waals surface area contributed by atoms with Crippen molar-refractivity contribution < 1.29 is 9.53 Å². The number of carbonyl (C=O) groups excluding carboxylic acids is 1. The number of rotatable bonds is 5. The van der Waals surface area contributed by atoms with E-state index in [0.29, 0.717) is 18.7 Å². The van der Waals surface area contributed by atoms with Gasteiger partial charge in [-0.05, 0) is 39.5 Å². The van der Waals surface area contributed by atoms with E-state index in [9.17, 15) is 4.79 Å². The van der Waals surface area contributed by atoms with Crippen LogP contribution in [0.1, 0.15) is 37.3 Å². The second kappa shape index (κ2) is 10.3. The Kier molecular flexibility index (Phi) is 9.13. The van der Waals surface area contributed by atoms with Gasteiger partial charge in [0.15, 0.2) is 0 Å². The molecular weight excluding hydrogens is 365 g/mol. The molecule has 1 amide bonds. The normalized spacial score (nSPS) is 25.3. The lowest BCUT2D eigenvalue weighted by Gasteiger charge is -2.39. The number of hydrogen-bond donors (Lipinski definition) is 2. The Morgan fingerprint density at radius 3 is 2.88 bits per heavy atom. The molecule has 3 rings (SSSR count). The monoisotopic (exact) mass is 393 g/mol. The molecule has 25 heavy (non-hydrogen) atoms. The molecule has 1 aromatic heterocycles. The van der Waals surface area contributed by atoms with E-state index in [1.165, 1.54) is 0 Å². The second-order valence-corrected chi connectivity index (χ2v) is 6.55. The Morgan fingerprint density at radius 1 is 1.36 bits per heavy atom. The van der Waals surface area contributed by atoms with Gasteiger partial charge in [0.05, 0.1) is 12.7 Å². The fraction of sp³-hybridized carbons (Fsp3) is 0.812. The molecule has 0 aromatic carbocycles. The molecule has 0 spiro atoms. The van der Waals surface area contributed by atoms with E-state index >= 15 is 0 Å². The highest BCUT2D eigenvalue weighted by Gasteiger charge is 2.35. The number of amides is 1. The maximum absolute atomic E-state index is 12.3. The highest BCUT2D eigenvalue weighted by Crippen LogP contribution is 2.28. The fourth-order valence-electron chi connectivity index (χ4n) is 3.61. The van der Waals surface area contributed by atoms with Crippen LogP contribution in [0.2, 0.25) is 0 Å². The largest absolute Gasteiger partial charge is 0.375 e. The Morgan fingerprint density at radius 2 is 2.16 bits per heavy atom. The van der Waals surface area contributed by atoms with E-state index in [4.69, 9.17) is 4.74 Å². The van der Waals surface area contributed by atoms with Crippen LogP contribution < -0.4 is 10.6 Å². The molecule has 2 heterocycles. The molecule has 2 N–H and O–H groups in total. The molecule has 0 unspecified atom stereocenters. The quantitative estimate of drug-likeness (QED) is 0.738. The second-order valence-electron chi connectivity index (χ2n) is 6.55. The molecule has 2 aliphatic rings. The van der Waals surface area contributed by atoms with Crippen molar-refractivity contribution in [1.29, 1.82) is 0 Å². The average Bonchev–Trinajstić information content (AvgIpc) is 2.88. The van der Waals surface area contributed by atoms with Gasteiger partial charge in [0.25, 0.3) is 0 Å². The minimum atomic E-state index is 0. The first-order chi connectivity index (χ1) is 11.1. The summed E-state index contributed by atoms with van der Waals surface area (Å²) in [5, 5.41) is 10.9. The van der Waals surface area contributed by atoms with Crippen molar-refractivity contribution in [3.63, 3.8) is 0 Å². The average molecular weight is 394 g/mol. The van der Waals surface area contributed by atoms with E-state index in [1.54, 1.807) is 0 Å². The number of nitrogens with one attached hydrogen (secondary N) is 2. The topological polar surface area (TPSA) is 81.1 Å². The molecule has 1 aromatic rings. The number of aryl methyl sites for hydroxylation is 3. The molecular formula is C16H29Cl2N5O2. The maximum Gasteiger partial charge on any atom is 0.223 e. The van der Waals surface area contributed by atoms with E-state index in [2.05, 4.69) is 20.7 Å². The standard InChI is InChI=1S/C16H27N5O2.2ClH/c1-11-19-12(2)21(20-11)8-3-6-18-16(22)13-4-5-15-14(10-13)17-7-9-23-15;;/h13-15,17H,3-10H2,1-2H3,(H,18,22);2*1H/t13-,14+,15+;;/m0../s1. The zero-order valence-electron chi connectivity index (χ0n) is 14.9. The lowest BCUT2D eigenvalue weighted by Crippen LogP contribution is -2.53. The first-order valence-electron chi connectivity index (χ1n) is 8.64. The van der Waals surface area contributed by atoms with Crippen molar-refractivity contribution in [2.24, 2.45) is 5.92 Å². The number of fused-ring (bicyclic) bond motifs is 1. The van der Waals surface area contributed by atoms with Crippen LogP contribution in [0.4, 0.5) is 0 Å². The minimum absolute atomic E-state index is 0. The summed E-state index contributed by atoms with van der Waals surface area (Å²) < 4.78 is 7.66. The summed E-state index contributed by atoms with van der Waals surface area (Å²) in [6.45, 7) is 7.01. The minimum Gasteiger partial charge on any atom is -0.375 e. The third kappa shape index (κ3) is 5.81. The number of carbonyl (C=O) groups is 1. The van der Waals surface area contributed by atoms with Crippen molar-refractivity contribution in [3.05, 3.63) is 11.6 Å². The predicted octanol–water partition coefficient (Wildman–Crippen LogP) is 1.40. The van der Waals surface area contributed by atoms with Gasteiger partial charge in [-0.25, -0.2) is 4.98 Å². The lowest BCUT2D eigenvalue weighted by atomic mass is 9.82. The molecule has 2 fully saturated rings. The Balaban J connectivity index is 0.00000156. The summed E-state index contributed by atoms with van der Waals surface area (Å²) in [5.74, 6) is 2.02. The molecule has 7 nitrogen and oxygen atoms in total. The molecule has 9 heteroatoms. The summed E-state index contributed by atoms with van der Waals surface area (Å²) in [7, 11) is 0. The Bertz CT molecular complexity index is 555. The molecule has 0 radical (unpaired) electrons. The fourth-order valence-corrected chi connectivity index (χ4v) is 3.61. The van der Waals surface area contributed by atoms with Crippen LogP contribution in [0.5, 0.6) is 0 Å². The van der Waals surface area contributed by atoms with Crippen LogP contribution in [0, 0.1) is 19.8 Å². The number of nitrogens with zero attached hydrogens (tertiary/aromatic N) is 3.